The highest BCUT2D eigenvalue weighted by atomic mass is 35.5. The third-order valence-corrected chi connectivity index (χ3v) is 4.70. The zero-order valence-electron chi connectivity index (χ0n) is 10.9. The van der Waals surface area contributed by atoms with Gasteiger partial charge in [0.15, 0.2) is 0 Å². The fraction of sp³-hybridized carbons (Fsp3) is 0.600. The van der Waals surface area contributed by atoms with Gasteiger partial charge < -0.3 is 5.32 Å². The van der Waals surface area contributed by atoms with Crippen LogP contribution in [0.2, 0.25) is 10.0 Å². The first-order valence-electron chi connectivity index (χ1n) is 6.91. The third kappa shape index (κ3) is 3.20. The van der Waals surface area contributed by atoms with Gasteiger partial charge in [-0.3, -0.25) is 0 Å². The maximum atomic E-state index is 6.37. The molecule has 0 aliphatic heterocycles. The molecule has 2 rings (SSSR count). The smallest absolute Gasteiger partial charge is 0.0640 e. The molecule has 100 valence electrons. The molecule has 0 spiro atoms. The van der Waals surface area contributed by atoms with Crippen molar-refractivity contribution in [2.24, 2.45) is 5.92 Å². The van der Waals surface area contributed by atoms with E-state index in [1.54, 1.807) is 0 Å². The molecule has 1 saturated carbocycles. The van der Waals surface area contributed by atoms with Crippen LogP contribution in [-0.2, 0) is 0 Å². The van der Waals surface area contributed by atoms with Crippen LogP contribution in [0, 0.1) is 5.92 Å². The Morgan fingerprint density at radius 3 is 2.61 bits per heavy atom. The van der Waals surface area contributed by atoms with E-state index in [9.17, 15) is 0 Å². The van der Waals surface area contributed by atoms with Gasteiger partial charge in [-0.2, -0.15) is 0 Å². The second-order valence-corrected chi connectivity index (χ2v) is 5.86. The molecule has 1 unspecified atom stereocenters. The van der Waals surface area contributed by atoms with Crippen LogP contribution < -0.4 is 5.32 Å². The summed E-state index contributed by atoms with van der Waals surface area (Å²) in [7, 11) is 0. The fourth-order valence-corrected chi connectivity index (χ4v) is 3.40. The van der Waals surface area contributed by atoms with Crippen LogP contribution in [0.25, 0.3) is 0 Å². The molecule has 0 heterocycles. The molecule has 1 nitrogen and oxygen atoms in total. The molecule has 0 amide bonds. The van der Waals surface area contributed by atoms with Gasteiger partial charge in [0.1, 0.15) is 0 Å². The second-order valence-electron chi connectivity index (χ2n) is 5.08. The minimum absolute atomic E-state index is 0.349. The Morgan fingerprint density at radius 2 is 1.94 bits per heavy atom. The molecule has 1 aromatic carbocycles. The van der Waals surface area contributed by atoms with E-state index in [1.165, 1.54) is 32.1 Å². The van der Waals surface area contributed by atoms with Gasteiger partial charge in [-0.25, -0.2) is 0 Å². The van der Waals surface area contributed by atoms with E-state index in [1.807, 2.05) is 12.1 Å². The highest BCUT2D eigenvalue weighted by Gasteiger charge is 2.26. The van der Waals surface area contributed by atoms with E-state index in [-0.39, 0.29) is 0 Å². The molecular formula is C15H21Cl2N. The van der Waals surface area contributed by atoms with Crippen LogP contribution >= 0.6 is 23.2 Å². The van der Waals surface area contributed by atoms with Gasteiger partial charge in [0.05, 0.1) is 10.0 Å². The van der Waals surface area contributed by atoms with E-state index in [2.05, 4.69) is 18.3 Å². The van der Waals surface area contributed by atoms with E-state index in [0.717, 1.165) is 17.1 Å². The van der Waals surface area contributed by atoms with Gasteiger partial charge in [0.25, 0.3) is 0 Å². The van der Waals surface area contributed by atoms with Gasteiger partial charge in [0.2, 0.25) is 0 Å². The van der Waals surface area contributed by atoms with Gasteiger partial charge in [0, 0.05) is 6.04 Å². The predicted octanol–water partition coefficient (Wildman–Crippen LogP) is 5.22. The largest absolute Gasteiger partial charge is 0.310 e. The first-order chi connectivity index (χ1) is 8.74. The number of halogens is 2. The number of rotatable bonds is 4. The second kappa shape index (κ2) is 6.79. The summed E-state index contributed by atoms with van der Waals surface area (Å²) in [5.74, 6) is 0.690. The molecular weight excluding hydrogens is 265 g/mol. The van der Waals surface area contributed by atoms with E-state index in [4.69, 9.17) is 23.2 Å². The van der Waals surface area contributed by atoms with Gasteiger partial charge in [-0.05, 0) is 36.9 Å². The first kappa shape index (κ1) is 14.2. The highest BCUT2D eigenvalue weighted by molar-refractivity contribution is 6.42. The molecule has 0 bridgehead atoms. The molecule has 3 heteroatoms. The highest BCUT2D eigenvalue weighted by Crippen LogP contribution is 2.38. The SMILES string of the molecule is CCNC(c1cccc(Cl)c1Cl)C1CCCCC1. The Bertz CT molecular complexity index is 386. The molecule has 1 aliphatic carbocycles. The van der Waals surface area contributed by atoms with Crippen molar-refractivity contribution in [2.45, 2.75) is 45.1 Å². The van der Waals surface area contributed by atoms with E-state index >= 15 is 0 Å². The summed E-state index contributed by atoms with van der Waals surface area (Å²) in [6.07, 6.45) is 6.63. The number of hydrogen-bond acceptors (Lipinski definition) is 1. The maximum Gasteiger partial charge on any atom is 0.0640 e. The predicted molar refractivity (Wildman–Crippen MR) is 79.5 cm³/mol. The fourth-order valence-electron chi connectivity index (χ4n) is 2.98. The van der Waals surface area contributed by atoms with Crippen LogP contribution in [0.1, 0.15) is 50.6 Å². The molecule has 18 heavy (non-hydrogen) atoms. The summed E-state index contributed by atoms with van der Waals surface area (Å²) in [6, 6.07) is 6.31. The summed E-state index contributed by atoms with van der Waals surface area (Å²) < 4.78 is 0. The minimum atomic E-state index is 0.349. The minimum Gasteiger partial charge on any atom is -0.310 e. The summed E-state index contributed by atoms with van der Waals surface area (Å²) >= 11 is 12.5. The Hall–Kier alpha value is -0.240. The molecule has 0 radical (unpaired) electrons. The standard InChI is InChI=1S/C15H21Cl2N/c1-2-18-15(11-7-4-3-5-8-11)12-9-6-10-13(16)14(12)17/h6,9-11,15,18H,2-5,7-8H2,1H3. The lowest BCUT2D eigenvalue weighted by Crippen LogP contribution is -2.29. The van der Waals surface area contributed by atoms with Crippen molar-refractivity contribution in [2.75, 3.05) is 6.54 Å². The van der Waals surface area contributed by atoms with Crippen LogP contribution in [0.15, 0.2) is 18.2 Å². The van der Waals surface area contributed by atoms with E-state index < -0.39 is 0 Å². The zero-order chi connectivity index (χ0) is 13.0. The first-order valence-corrected chi connectivity index (χ1v) is 7.67. The zero-order valence-corrected chi connectivity index (χ0v) is 12.4. The molecule has 1 aliphatic rings. The van der Waals surface area contributed by atoms with Crippen molar-refractivity contribution < 1.29 is 0 Å². The molecule has 1 fully saturated rings. The van der Waals surface area contributed by atoms with Crippen molar-refractivity contribution in [1.29, 1.82) is 0 Å². The lowest BCUT2D eigenvalue weighted by atomic mass is 9.81. The summed E-state index contributed by atoms with van der Waals surface area (Å²) in [4.78, 5) is 0. The third-order valence-electron chi connectivity index (χ3n) is 3.86. The lowest BCUT2D eigenvalue weighted by Gasteiger charge is -2.32. The molecule has 1 atom stereocenters. The van der Waals surface area contributed by atoms with Crippen molar-refractivity contribution in [3.05, 3.63) is 33.8 Å². The molecule has 0 aromatic heterocycles. The summed E-state index contributed by atoms with van der Waals surface area (Å²) in [6.45, 7) is 3.11. The maximum absolute atomic E-state index is 6.37. The monoisotopic (exact) mass is 285 g/mol. The summed E-state index contributed by atoms with van der Waals surface area (Å²) in [5, 5.41) is 4.97. The van der Waals surface area contributed by atoms with Crippen LogP contribution in [0.4, 0.5) is 0 Å². The number of nitrogens with one attached hydrogen (secondary N) is 1. The Kier molecular flexibility index (Phi) is 5.35. The normalized spacial score (nSPS) is 18.8. The van der Waals surface area contributed by atoms with E-state index in [0.29, 0.717) is 17.0 Å². The molecule has 1 N–H and O–H groups in total. The van der Waals surface area contributed by atoms with Gasteiger partial charge >= 0.3 is 0 Å². The topological polar surface area (TPSA) is 12.0 Å². The van der Waals surface area contributed by atoms with Gasteiger partial charge in [-0.15, -0.1) is 0 Å². The number of hydrogen-bond donors (Lipinski definition) is 1. The van der Waals surface area contributed by atoms with Gasteiger partial charge in [-0.1, -0.05) is 61.5 Å². The average molecular weight is 286 g/mol. The summed E-state index contributed by atoms with van der Waals surface area (Å²) in [5.41, 5.74) is 1.16. The van der Waals surface area contributed by atoms with Crippen molar-refractivity contribution in [3.63, 3.8) is 0 Å². The number of benzene rings is 1. The Balaban J connectivity index is 2.25. The average Bonchev–Trinajstić information content (AvgIpc) is 2.41. The Morgan fingerprint density at radius 1 is 1.22 bits per heavy atom. The Labute approximate surface area is 120 Å². The lowest BCUT2D eigenvalue weighted by molar-refractivity contribution is 0.274. The van der Waals surface area contributed by atoms with Crippen molar-refractivity contribution in [3.8, 4) is 0 Å². The van der Waals surface area contributed by atoms with Crippen LogP contribution in [0.5, 0.6) is 0 Å². The van der Waals surface area contributed by atoms with Crippen molar-refractivity contribution in [1.82, 2.24) is 5.32 Å². The van der Waals surface area contributed by atoms with Crippen LogP contribution in [0.3, 0.4) is 0 Å². The molecule has 0 saturated heterocycles. The van der Waals surface area contributed by atoms with Crippen LogP contribution in [-0.4, -0.2) is 6.54 Å². The van der Waals surface area contributed by atoms with Crippen molar-refractivity contribution >= 4 is 23.2 Å². The quantitative estimate of drug-likeness (QED) is 0.799. The molecule has 1 aromatic rings.